The number of benzene rings is 1. The maximum atomic E-state index is 13.2. The number of halogens is 2. The summed E-state index contributed by atoms with van der Waals surface area (Å²) in [4.78, 5) is 10.6. The van der Waals surface area contributed by atoms with Crippen molar-refractivity contribution in [2.24, 2.45) is 0 Å². The monoisotopic (exact) mass is 258 g/mol. The molecule has 6 heteroatoms. The van der Waals surface area contributed by atoms with E-state index in [4.69, 9.17) is 11.6 Å². The van der Waals surface area contributed by atoms with Crippen LogP contribution >= 0.6 is 11.6 Å². The van der Waals surface area contributed by atoms with Gasteiger partial charge in [-0.2, -0.15) is 0 Å². The Bertz CT molecular complexity index is 421. The first-order valence-corrected chi connectivity index (χ1v) is 5.76. The number of nitro groups is 1. The Labute approximate surface area is 103 Å². The predicted octanol–water partition coefficient (Wildman–Crippen LogP) is 2.20. The van der Waals surface area contributed by atoms with Crippen LogP contribution in [0.4, 0.5) is 4.39 Å². The van der Waals surface area contributed by atoms with Gasteiger partial charge in [-0.1, -0.05) is 11.6 Å². The van der Waals surface area contributed by atoms with Crippen molar-refractivity contribution in [1.82, 2.24) is 5.32 Å². The zero-order valence-electron chi connectivity index (χ0n) is 9.03. The predicted molar refractivity (Wildman–Crippen MR) is 62.4 cm³/mol. The molecule has 1 aromatic rings. The lowest BCUT2D eigenvalue weighted by Crippen LogP contribution is -2.43. The fourth-order valence-corrected chi connectivity index (χ4v) is 2.47. The highest BCUT2D eigenvalue weighted by Gasteiger charge is 2.35. The van der Waals surface area contributed by atoms with Crippen LogP contribution in [0.2, 0.25) is 5.02 Å². The van der Waals surface area contributed by atoms with Crippen molar-refractivity contribution >= 4 is 11.6 Å². The van der Waals surface area contributed by atoms with Gasteiger partial charge in [0.2, 0.25) is 6.04 Å². The summed E-state index contributed by atoms with van der Waals surface area (Å²) in [6.45, 7) is 1.01. The third-order valence-electron chi connectivity index (χ3n) is 3.03. The van der Waals surface area contributed by atoms with Crippen molar-refractivity contribution in [2.45, 2.75) is 18.4 Å². The van der Waals surface area contributed by atoms with E-state index in [0.717, 1.165) is 0 Å². The SMILES string of the molecule is O=[N+]([O-])[C@@H]1CNCC[C@H]1c1cc(F)cc(Cl)c1. The van der Waals surface area contributed by atoms with Crippen molar-refractivity contribution in [2.75, 3.05) is 13.1 Å². The summed E-state index contributed by atoms with van der Waals surface area (Å²) in [5.74, 6) is -0.729. The maximum absolute atomic E-state index is 13.2. The van der Waals surface area contributed by atoms with E-state index in [1.165, 1.54) is 12.1 Å². The van der Waals surface area contributed by atoms with Crippen LogP contribution in [-0.2, 0) is 0 Å². The molecule has 1 saturated heterocycles. The lowest BCUT2D eigenvalue weighted by molar-refractivity contribution is -0.526. The molecule has 0 aliphatic carbocycles. The lowest BCUT2D eigenvalue weighted by atomic mass is 9.86. The molecule has 4 nitrogen and oxygen atoms in total. The molecule has 1 heterocycles. The molecule has 17 heavy (non-hydrogen) atoms. The van der Waals surface area contributed by atoms with Crippen LogP contribution in [0.5, 0.6) is 0 Å². The molecule has 1 N–H and O–H groups in total. The Morgan fingerprint density at radius 2 is 2.24 bits per heavy atom. The quantitative estimate of drug-likeness (QED) is 0.654. The minimum absolute atomic E-state index is 0.278. The second-order valence-corrected chi connectivity index (χ2v) is 4.59. The number of nitrogens with one attached hydrogen (secondary N) is 1. The molecular formula is C11H12ClFN2O2. The fraction of sp³-hybridized carbons (Fsp3) is 0.455. The van der Waals surface area contributed by atoms with Crippen molar-refractivity contribution in [3.8, 4) is 0 Å². The third-order valence-corrected chi connectivity index (χ3v) is 3.25. The van der Waals surface area contributed by atoms with Gasteiger partial charge in [0.1, 0.15) is 5.82 Å². The van der Waals surface area contributed by atoms with E-state index in [0.29, 0.717) is 25.1 Å². The maximum Gasteiger partial charge on any atom is 0.232 e. The number of hydrogen-bond donors (Lipinski definition) is 1. The number of rotatable bonds is 2. The molecule has 92 valence electrons. The van der Waals surface area contributed by atoms with Gasteiger partial charge in [-0.25, -0.2) is 4.39 Å². The molecule has 1 aliphatic heterocycles. The van der Waals surface area contributed by atoms with Crippen LogP contribution in [0.25, 0.3) is 0 Å². The minimum atomic E-state index is -0.721. The Morgan fingerprint density at radius 3 is 2.88 bits per heavy atom. The first-order valence-electron chi connectivity index (χ1n) is 5.38. The van der Waals surface area contributed by atoms with E-state index in [9.17, 15) is 14.5 Å². The van der Waals surface area contributed by atoms with E-state index in [1.54, 1.807) is 6.07 Å². The summed E-state index contributed by atoms with van der Waals surface area (Å²) in [5.41, 5.74) is 0.609. The van der Waals surface area contributed by atoms with Gasteiger partial charge in [-0.05, 0) is 36.7 Å². The van der Waals surface area contributed by atoms with Crippen LogP contribution in [0.3, 0.4) is 0 Å². The molecule has 1 fully saturated rings. The molecule has 1 aliphatic rings. The first-order chi connectivity index (χ1) is 8.08. The van der Waals surface area contributed by atoms with Crippen molar-refractivity contribution in [1.29, 1.82) is 0 Å². The smallest absolute Gasteiger partial charge is 0.232 e. The number of hydrogen-bond acceptors (Lipinski definition) is 3. The molecule has 0 bridgehead atoms. The molecule has 2 atom stereocenters. The van der Waals surface area contributed by atoms with E-state index >= 15 is 0 Å². The lowest BCUT2D eigenvalue weighted by Gasteiger charge is -2.26. The fourth-order valence-electron chi connectivity index (χ4n) is 2.24. The van der Waals surface area contributed by atoms with Crippen molar-refractivity contribution in [3.05, 3.63) is 44.7 Å². The van der Waals surface area contributed by atoms with E-state index in [-0.39, 0.29) is 15.9 Å². The highest BCUT2D eigenvalue weighted by atomic mass is 35.5. The summed E-state index contributed by atoms with van der Waals surface area (Å²) in [7, 11) is 0. The van der Waals surface area contributed by atoms with Gasteiger partial charge < -0.3 is 5.32 Å². The summed E-state index contributed by atoms with van der Waals surface area (Å²) in [5, 5.41) is 14.2. The van der Waals surface area contributed by atoms with Crippen LogP contribution in [0, 0.1) is 15.9 Å². The minimum Gasteiger partial charge on any atom is -0.310 e. The van der Waals surface area contributed by atoms with Gasteiger partial charge in [0.15, 0.2) is 0 Å². The second-order valence-electron chi connectivity index (χ2n) is 4.15. The molecular weight excluding hydrogens is 247 g/mol. The van der Waals surface area contributed by atoms with Gasteiger partial charge in [-0.15, -0.1) is 0 Å². The Balaban J connectivity index is 2.32. The molecule has 0 saturated carbocycles. The van der Waals surface area contributed by atoms with E-state index in [1.807, 2.05) is 0 Å². The summed E-state index contributed by atoms with van der Waals surface area (Å²) >= 11 is 5.77. The largest absolute Gasteiger partial charge is 0.310 e. The van der Waals surface area contributed by atoms with Crippen LogP contribution in [0.15, 0.2) is 18.2 Å². The van der Waals surface area contributed by atoms with Crippen LogP contribution in [0.1, 0.15) is 17.9 Å². The van der Waals surface area contributed by atoms with Gasteiger partial charge >= 0.3 is 0 Å². The highest BCUT2D eigenvalue weighted by molar-refractivity contribution is 6.30. The van der Waals surface area contributed by atoms with Gasteiger partial charge in [0.05, 0.1) is 12.5 Å². The topological polar surface area (TPSA) is 55.2 Å². The Morgan fingerprint density at radius 1 is 1.47 bits per heavy atom. The summed E-state index contributed by atoms with van der Waals surface area (Å²) in [6, 6.07) is 3.42. The third kappa shape index (κ3) is 2.73. The molecule has 0 amide bonds. The molecule has 0 unspecified atom stereocenters. The molecule has 1 aromatic carbocycles. The summed E-state index contributed by atoms with van der Waals surface area (Å²) in [6.07, 6.45) is 0.616. The second kappa shape index (κ2) is 4.98. The first kappa shape index (κ1) is 12.3. The average Bonchev–Trinajstić information content (AvgIpc) is 2.27. The molecule has 0 radical (unpaired) electrons. The van der Waals surface area contributed by atoms with Gasteiger partial charge in [0.25, 0.3) is 0 Å². The zero-order chi connectivity index (χ0) is 12.4. The van der Waals surface area contributed by atoms with E-state index < -0.39 is 11.9 Å². The Hall–Kier alpha value is -1.20. The van der Waals surface area contributed by atoms with Crippen LogP contribution in [-0.4, -0.2) is 24.1 Å². The molecule has 0 aromatic heterocycles. The Kier molecular flexibility index (Phi) is 3.59. The van der Waals surface area contributed by atoms with Crippen molar-refractivity contribution in [3.63, 3.8) is 0 Å². The van der Waals surface area contributed by atoms with Crippen LogP contribution < -0.4 is 5.32 Å². The van der Waals surface area contributed by atoms with E-state index in [2.05, 4.69) is 5.32 Å². The van der Waals surface area contributed by atoms with Crippen molar-refractivity contribution < 1.29 is 9.31 Å². The highest BCUT2D eigenvalue weighted by Crippen LogP contribution is 2.29. The van der Waals surface area contributed by atoms with Gasteiger partial charge in [-0.3, -0.25) is 10.1 Å². The standard InChI is InChI=1S/C11H12ClFN2O2/c12-8-3-7(4-9(13)5-8)10-1-2-14-6-11(10)15(16)17/h3-5,10-11,14H,1-2,6H2/t10-,11+/m0/s1. The molecule has 0 spiro atoms. The average molecular weight is 259 g/mol. The number of nitrogens with zero attached hydrogens (tertiary/aromatic N) is 1. The van der Waals surface area contributed by atoms with Gasteiger partial charge in [0, 0.05) is 9.95 Å². The molecule has 2 rings (SSSR count). The normalized spacial score (nSPS) is 24.6. The summed E-state index contributed by atoms with van der Waals surface area (Å²) < 4.78 is 13.2. The zero-order valence-corrected chi connectivity index (χ0v) is 9.78. The number of piperidine rings is 1.